The Bertz CT molecular complexity index is 771. The second-order valence-electron chi connectivity index (χ2n) is 6.76. The van der Waals surface area contributed by atoms with Crippen LogP contribution in [0.15, 0.2) is 42.9 Å². The van der Waals surface area contributed by atoms with E-state index in [9.17, 15) is 9.90 Å². The first-order valence-corrected chi connectivity index (χ1v) is 9.15. The minimum absolute atomic E-state index is 0.110. The van der Waals surface area contributed by atoms with Crippen molar-refractivity contribution in [2.45, 2.75) is 25.2 Å². The van der Waals surface area contributed by atoms with E-state index in [1.165, 1.54) is 13.3 Å². The Morgan fingerprint density at radius 3 is 2.82 bits per heavy atom. The number of rotatable bonds is 7. The summed E-state index contributed by atoms with van der Waals surface area (Å²) in [4.78, 5) is 21.5. The number of benzene rings is 1. The van der Waals surface area contributed by atoms with Gasteiger partial charge in [0, 0.05) is 25.0 Å². The Labute approximate surface area is 164 Å². The average Bonchev–Trinajstić information content (AvgIpc) is 2.73. The van der Waals surface area contributed by atoms with Gasteiger partial charge in [-0.1, -0.05) is 12.1 Å². The van der Waals surface area contributed by atoms with E-state index in [0.717, 1.165) is 18.5 Å². The largest absolute Gasteiger partial charge is 0.482 e. The molecule has 2 unspecified atom stereocenters. The highest BCUT2D eigenvalue weighted by molar-refractivity contribution is 5.70. The molecule has 8 nitrogen and oxygen atoms in total. The van der Waals surface area contributed by atoms with Crippen molar-refractivity contribution in [2.24, 2.45) is 0 Å². The van der Waals surface area contributed by atoms with Gasteiger partial charge in [0.25, 0.3) is 0 Å². The highest BCUT2D eigenvalue weighted by atomic mass is 16.6. The lowest BCUT2D eigenvalue weighted by atomic mass is 10.0. The lowest BCUT2D eigenvalue weighted by molar-refractivity contribution is -0.254. The Hall–Kier alpha value is -2.55. The highest BCUT2D eigenvalue weighted by Crippen LogP contribution is 2.27. The molecular formula is C20H25N3O5. The summed E-state index contributed by atoms with van der Waals surface area (Å²) in [6.07, 6.45) is 5.44. The van der Waals surface area contributed by atoms with Gasteiger partial charge < -0.3 is 19.3 Å². The molecule has 150 valence electrons. The molecule has 0 spiro atoms. The Morgan fingerprint density at radius 2 is 2.14 bits per heavy atom. The molecule has 0 aliphatic carbocycles. The van der Waals surface area contributed by atoms with Gasteiger partial charge in [0.1, 0.15) is 11.4 Å². The van der Waals surface area contributed by atoms with Crippen LogP contribution in [0.1, 0.15) is 18.2 Å². The van der Waals surface area contributed by atoms with Crippen LogP contribution in [-0.2, 0) is 26.5 Å². The van der Waals surface area contributed by atoms with Gasteiger partial charge in [-0.2, -0.15) is 0 Å². The predicted molar refractivity (Wildman–Crippen MR) is 101 cm³/mol. The predicted octanol–water partition coefficient (Wildman–Crippen LogP) is 1.14. The number of hydrogen-bond donors (Lipinski definition) is 1. The lowest BCUT2D eigenvalue weighted by Gasteiger charge is -2.41. The zero-order valence-corrected chi connectivity index (χ0v) is 16.1. The molecule has 0 saturated carbocycles. The van der Waals surface area contributed by atoms with E-state index in [2.05, 4.69) is 26.5 Å². The molecule has 1 aliphatic heterocycles. The molecule has 0 amide bonds. The summed E-state index contributed by atoms with van der Waals surface area (Å²) >= 11 is 0. The SMILES string of the molecule is COC(=O)COc1ccc(CC(C)N2CCOC(O)(c3cnccn3)C2)cc1. The number of carbonyl (C=O) groups excluding carboxylic acids is 1. The van der Waals surface area contributed by atoms with E-state index in [1.807, 2.05) is 24.3 Å². The van der Waals surface area contributed by atoms with Crippen LogP contribution in [0.25, 0.3) is 0 Å². The fourth-order valence-corrected chi connectivity index (χ4v) is 3.16. The molecule has 2 heterocycles. The zero-order valence-electron chi connectivity index (χ0n) is 16.1. The summed E-state index contributed by atoms with van der Waals surface area (Å²) in [5.74, 6) is -1.25. The van der Waals surface area contributed by atoms with E-state index >= 15 is 0 Å². The maximum atomic E-state index is 11.1. The molecule has 2 atom stereocenters. The van der Waals surface area contributed by atoms with Crippen LogP contribution in [0.3, 0.4) is 0 Å². The topological polar surface area (TPSA) is 94.0 Å². The summed E-state index contributed by atoms with van der Waals surface area (Å²) in [7, 11) is 1.33. The lowest BCUT2D eigenvalue weighted by Crippen LogP contribution is -2.53. The van der Waals surface area contributed by atoms with Crippen LogP contribution in [0.4, 0.5) is 0 Å². The van der Waals surface area contributed by atoms with Crippen molar-refractivity contribution in [1.29, 1.82) is 0 Å². The number of nitrogens with zero attached hydrogens (tertiary/aromatic N) is 3. The summed E-state index contributed by atoms with van der Waals surface area (Å²) in [5, 5.41) is 10.9. The van der Waals surface area contributed by atoms with Gasteiger partial charge in [-0.25, -0.2) is 4.79 Å². The summed E-state index contributed by atoms with van der Waals surface area (Å²) in [6, 6.07) is 7.80. The molecule has 1 fully saturated rings. The molecule has 1 aromatic carbocycles. The van der Waals surface area contributed by atoms with Crippen molar-refractivity contribution in [2.75, 3.05) is 33.4 Å². The number of hydrogen-bond acceptors (Lipinski definition) is 8. The van der Waals surface area contributed by atoms with Gasteiger partial charge in [-0.05, 0) is 31.0 Å². The number of methoxy groups -OCH3 is 1. The second-order valence-corrected chi connectivity index (χ2v) is 6.76. The summed E-state index contributed by atoms with van der Waals surface area (Å²) in [6.45, 7) is 3.47. The molecule has 8 heteroatoms. The van der Waals surface area contributed by atoms with Crippen LogP contribution in [0, 0.1) is 0 Å². The number of aliphatic hydroxyl groups is 1. The number of ether oxygens (including phenoxy) is 3. The first kappa shape index (κ1) is 20.2. The Kier molecular flexibility index (Phi) is 6.56. The third-order valence-corrected chi connectivity index (χ3v) is 4.76. The van der Waals surface area contributed by atoms with Gasteiger partial charge in [0.05, 0.1) is 26.5 Å². The normalized spacial score (nSPS) is 21.1. The summed E-state index contributed by atoms with van der Waals surface area (Å²) < 4.78 is 15.5. The zero-order chi connectivity index (χ0) is 20.0. The van der Waals surface area contributed by atoms with Crippen LogP contribution >= 0.6 is 0 Å². The molecule has 1 N–H and O–H groups in total. The van der Waals surface area contributed by atoms with Gasteiger partial charge in [-0.15, -0.1) is 0 Å². The molecule has 0 bridgehead atoms. The first-order valence-electron chi connectivity index (χ1n) is 9.15. The van der Waals surface area contributed by atoms with E-state index in [-0.39, 0.29) is 12.6 Å². The molecule has 1 saturated heterocycles. The quantitative estimate of drug-likeness (QED) is 0.707. The summed E-state index contributed by atoms with van der Waals surface area (Å²) in [5.41, 5.74) is 1.55. The maximum absolute atomic E-state index is 11.1. The molecule has 1 aromatic heterocycles. The van der Waals surface area contributed by atoms with E-state index < -0.39 is 11.8 Å². The molecule has 3 rings (SSSR count). The number of carbonyl (C=O) groups is 1. The highest BCUT2D eigenvalue weighted by Gasteiger charge is 2.39. The molecule has 1 aliphatic rings. The monoisotopic (exact) mass is 387 g/mol. The third-order valence-electron chi connectivity index (χ3n) is 4.76. The van der Waals surface area contributed by atoms with Crippen LogP contribution in [0.5, 0.6) is 5.75 Å². The van der Waals surface area contributed by atoms with Crippen LogP contribution in [0.2, 0.25) is 0 Å². The van der Waals surface area contributed by atoms with Crippen molar-refractivity contribution in [3.05, 3.63) is 54.1 Å². The van der Waals surface area contributed by atoms with Gasteiger partial charge in [0.2, 0.25) is 5.79 Å². The number of aromatic nitrogens is 2. The number of morpholine rings is 1. The minimum Gasteiger partial charge on any atom is -0.482 e. The first-order chi connectivity index (χ1) is 13.5. The fourth-order valence-electron chi connectivity index (χ4n) is 3.16. The van der Waals surface area contributed by atoms with Crippen LogP contribution < -0.4 is 4.74 Å². The Morgan fingerprint density at radius 1 is 1.36 bits per heavy atom. The van der Waals surface area contributed by atoms with Gasteiger partial charge in [0.15, 0.2) is 6.61 Å². The van der Waals surface area contributed by atoms with E-state index in [1.54, 1.807) is 12.4 Å². The third kappa shape index (κ3) is 5.03. The van der Waals surface area contributed by atoms with E-state index in [0.29, 0.717) is 24.6 Å². The minimum atomic E-state index is -1.45. The standard InChI is InChI=1S/C20H25N3O5/c1-15(11-16-3-5-17(6-4-16)27-13-19(24)26-2)23-9-10-28-20(25,14-23)18-12-21-7-8-22-18/h3-8,12,15,25H,9-11,13-14H2,1-2H3. The number of esters is 1. The molecular weight excluding hydrogens is 362 g/mol. The van der Waals surface area contributed by atoms with Gasteiger partial charge in [-0.3, -0.25) is 14.9 Å². The van der Waals surface area contributed by atoms with Crippen LogP contribution in [-0.4, -0.2) is 65.4 Å². The smallest absolute Gasteiger partial charge is 0.343 e. The average molecular weight is 387 g/mol. The number of β-amino-alcohol motifs (C(OH)–C–C–N with tert-alkyl or cyclic N) is 1. The maximum Gasteiger partial charge on any atom is 0.343 e. The van der Waals surface area contributed by atoms with Crippen molar-refractivity contribution < 1.29 is 24.1 Å². The van der Waals surface area contributed by atoms with Crippen molar-refractivity contribution in [1.82, 2.24) is 14.9 Å². The Balaban J connectivity index is 1.58. The molecule has 2 aromatic rings. The van der Waals surface area contributed by atoms with Crippen molar-refractivity contribution in [3.63, 3.8) is 0 Å². The molecule has 28 heavy (non-hydrogen) atoms. The molecule has 0 radical (unpaired) electrons. The second kappa shape index (κ2) is 9.09. The fraction of sp³-hybridized carbons (Fsp3) is 0.450. The van der Waals surface area contributed by atoms with E-state index in [4.69, 9.17) is 9.47 Å². The van der Waals surface area contributed by atoms with Gasteiger partial charge >= 0.3 is 5.97 Å². The van der Waals surface area contributed by atoms with Crippen molar-refractivity contribution >= 4 is 5.97 Å². The van der Waals surface area contributed by atoms with Crippen molar-refractivity contribution in [3.8, 4) is 5.75 Å².